The minimum absolute atomic E-state index is 0.0647. The summed E-state index contributed by atoms with van der Waals surface area (Å²) >= 11 is 0. The maximum absolute atomic E-state index is 15.5. The summed E-state index contributed by atoms with van der Waals surface area (Å²) in [6.45, 7) is 4.31. The molecule has 2 fully saturated rings. The third-order valence-electron chi connectivity index (χ3n) is 7.13. The number of likely N-dealkylation sites (tertiary alicyclic amines) is 1. The summed E-state index contributed by atoms with van der Waals surface area (Å²) in [4.78, 5) is 39.4. The zero-order valence-electron chi connectivity index (χ0n) is 19.7. The number of nitrogens with zero attached hydrogens (tertiary/aromatic N) is 6. The summed E-state index contributed by atoms with van der Waals surface area (Å²) in [5.74, 6) is -0.370. The highest BCUT2D eigenvalue weighted by atomic mass is 19.1. The van der Waals surface area contributed by atoms with E-state index in [1.807, 2.05) is 4.90 Å². The fraction of sp³-hybridized carbons (Fsp3) is 0.231. The van der Waals surface area contributed by atoms with Gasteiger partial charge in [0.15, 0.2) is 5.65 Å². The molecule has 3 aromatic heterocycles. The highest BCUT2D eigenvalue weighted by Crippen LogP contribution is 2.46. The molecule has 1 aromatic carbocycles. The van der Waals surface area contributed by atoms with Gasteiger partial charge in [0.1, 0.15) is 29.5 Å². The van der Waals surface area contributed by atoms with Gasteiger partial charge in [0.2, 0.25) is 5.91 Å². The Morgan fingerprint density at radius 2 is 1.97 bits per heavy atom. The van der Waals surface area contributed by atoms with Crippen LogP contribution >= 0.6 is 0 Å². The zero-order chi connectivity index (χ0) is 25.7. The highest BCUT2D eigenvalue weighted by Gasteiger charge is 2.48. The number of carbonyl (C=O) groups excluding carboxylic acids is 2. The molecule has 3 N–H and O–H groups in total. The van der Waals surface area contributed by atoms with Gasteiger partial charge >= 0.3 is 0 Å². The average Bonchev–Trinajstić information content (AvgIpc) is 3.62. The maximum atomic E-state index is 15.5. The first-order valence-electron chi connectivity index (χ1n) is 11.9. The smallest absolute Gasteiger partial charge is 0.256 e. The molecule has 4 heterocycles. The highest BCUT2D eigenvalue weighted by molar-refractivity contribution is 6.04. The summed E-state index contributed by atoms with van der Waals surface area (Å²) in [6.07, 6.45) is 5.90. The van der Waals surface area contributed by atoms with Crippen LogP contribution in [0.4, 0.5) is 16.0 Å². The topological polar surface area (TPSA) is 132 Å². The van der Waals surface area contributed by atoms with Crippen LogP contribution in [0.15, 0.2) is 61.6 Å². The van der Waals surface area contributed by atoms with Crippen molar-refractivity contribution >= 4 is 34.5 Å². The Morgan fingerprint density at radius 3 is 2.70 bits per heavy atom. The lowest BCUT2D eigenvalue weighted by molar-refractivity contribution is -0.128. The lowest BCUT2D eigenvalue weighted by Gasteiger charge is -2.32. The lowest BCUT2D eigenvalue weighted by atomic mass is 10.1. The molecule has 1 aliphatic heterocycles. The van der Waals surface area contributed by atoms with E-state index >= 15 is 4.39 Å². The Labute approximate surface area is 211 Å². The monoisotopic (exact) mass is 498 g/mol. The maximum Gasteiger partial charge on any atom is 0.256 e. The molecule has 2 amide bonds. The third kappa shape index (κ3) is 3.79. The Bertz CT molecular complexity index is 1550. The molecule has 186 valence electrons. The van der Waals surface area contributed by atoms with Gasteiger partial charge in [0.05, 0.1) is 17.5 Å². The summed E-state index contributed by atoms with van der Waals surface area (Å²) in [7, 11) is 0. The molecular weight excluding hydrogens is 475 g/mol. The Balaban J connectivity index is 1.38. The Morgan fingerprint density at radius 1 is 1.14 bits per heavy atom. The normalized spacial score (nSPS) is 20.4. The minimum atomic E-state index is -0.639. The van der Waals surface area contributed by atoms with E-state index in [-0.39, 0.29) is 40.6 Å². The number of nitrogens with one attached hydrogen (secondary N) is 1. The van der Waals surface area contributed by atoms with Crippen LogP contribution in [-0.4, -0.2) is 54.0 Å². The molecule has 0 spiro atoms. The van der Waals surface area contributed by atoms with Crippen molar-refractivity contribution in [2.45, 2.75) is 24.9 Å². The SMILES string of the molecule is C=CC(=O)N1C[C@@H]2C[C@@H]1[C@H](n1nc(-c3ccc(C(=O)Nc4ccccn4)cc3F)c3c(N)ncnc31)C2. The van der Waals surface area contributed by atoms with Crippen molar-refractivity contribution in [3.05, 3.63) is 73.0 Å². The second-order valence-corrected chi connectivity index (χ2v) is 9.28. The number of nitrogens with two attached hydrogens (primary N) is 1. The number of rotatable bonds is 5. The number of hydrogen-bond donors (Lipinski definition) is 2. The van der Waals surface area contributed by atoms with Crippen molar-refractivity contribution in [3.63, 3.8) is 0 Å². The minimum Gasteiger partial charge on any atom is -0.383 e. The number of piperidine rings is 1. The number of benzene rings is 1. The fourth-order valence-electron chi connectivity index (χ4n) is 5.51. The molecule has 6 rings (SSSR count). The number of aromatic nitrogens is 5. The predicted octanol–water partition coefficient (Wildman–Crippen LogP) is 3.21. The van der Waals surface area contributed by atoms with E-state index in [1.165, 1.54) is 24.5 Å². The number of fused-ring (bicyclic) bond motifs is 3. The second-order valence-electron chi connectivity index (χ2n) is 9.28. The van der Waals surface area contributed by atoms with Crippen LogP contribution in [0.25, 0.3) is 22.3 Å². The Kier molecular flexibility index (Phi) is 5.40. The van der Waals surface area contributed by atoms with Gasteiger partial charge in [0, 0.05) is 23.9 Å². The molecule has 37 heavy (non-hydrogen) atoms. The van der Waals surface area contributed by atoms with Crippen LogP contribution in [0, 0.1) is 11.7 Å². The van der Waals surface area contributed by atoms with Gasteiger partial charge in [0.25, 0.3) is 5.91 Å². The number of halogens is 1. The molecular formula is C26H23FN8O2. The Hall–Kier alpha value is -4.67. The molecule has 4 aromatic rings. The molecule has 2 bridgehead atoms. The van der Waals surface area contributed by atoms with Gasteiger partial charge in [-0.2, -0.15) is 5.10 Å². The van der Waals surface area contributed by atoms with Crippen molar-refractivity contribution < 1.29 is 14.0 Å². The van der Waals surface area contributed by atoms with E-state index in [0.717, 1.165) is 18.9 Å². The fourth-order valence-corrected chi connectivity index (χ4v) is 5.51. The first-order valence-corrected chi connectivity index (χ1v) is 11.9. The van der Waals surface area contributed by atoms with Gasteiger partial charge in [-0.3, -0.25) is 9.59 Å². The van der Waals surface area contributed by atoms with Crippen molar-refractivity contribution in [1.29, 1.82) is 0 Å². The molecule has 1 saturated heterocycles. The van der Waals surface area contributed by atoms with E-state index < -0.39 is 11.7 Å². The van der Waals surface area contributed by atoms with Crippen molar-refractivity contribution in [3.8, 4) is 11.3 Å². The van der Waals surface area contributed by atoms with Crippen LogP contribution in [0.1, 0.15) is 29.2 Å². The second kappa shape index (κ2) is 8.77. The van der Waals surface area contributed by atoms with E-state index in [1.54, 1.807) is 29.1 Å². The molecule has 1 aliphatic carbocycles. The molecule has 2 aliphatic rings. The summed E-state index contributed by atoms with van der Waals surface area (Å²) in [5, 5.41) is 7.83. The van der Waals surface area contributed by atoms with Crippen LogP contribution in [0.2, 0.25) is 0 Å². The quantitative estimate of drug-likeness (QED) is 0.404. The van der Waals surface area contributed by atoms with E-state index in [4.69, 9.17) is 10.8 Å². The van der Waals surface area contributed by atoms with Crippen molar-refractivity contribution in [2.24, 2.45) is 5.92 Å². The number of amides is 2. The van der Waals surface area contributed by atoms with Gasteiger partial charge in [-0.25, -0.2) is 24.0 Å². The van der Waals surface area contributed by atoms with E-state index in [0.29, 0.717) is 29.3 Å². The number of hydrogen-bond acceptors (Lipinski definition) is 7. The summed E-state index contributed by atoms with van der Waals surface area (Å²) in [6, 6.07) is 9.07. The van der Waals surface area contributed by atoms with Crippen LogP contribution < -0.4 is 11.1 Å². The average molecular weight is 499 g/mol. The van der Waals surface area contributed by atoms with Crippen LogP contribution in [-0.2, 0) is 4.79 Å². The number of carbonyl (C=O) groups is 2. The molecule has 11 heteroatoms. The van der Waals surface area contributed by atoms with E-state index in [2.05, 4.69) is 26.8 Å². The molecule has 0 radical (unpaired) electrons. The largest absolute Gasteiger partial charge is 0.383 e. The first-order chi connectivity index (χ1) is 17.9. The third-order valence-corrected chi connectivity index (χ3v) is 7.13. The predicted molar refractivity (Wildman–Crippen MR) is 135 cm³/mol. The van der Waals surface area contributed by atoms with Crippen LogP contribution in [0.5, 0.6) is 0 Å². The number of nitrogen functional groups attached to an aromatic ring is 1. The standard InChI is InChI=1S/C26H23FN8O2/c1-2-21(36)34-12-14-9-18(34)19(10-14)35-25-22(24(28)30-13-31-25)23(33-35)16-7-6-15(11-17(16)27)26(37)32-20-5-3-4-8-29-20/h2-8,11,13-14,18-19H,1,9-10,12H2,(H2,28,30,31)(H,29,32,37)/t14-,18-,19-/m1/s1. The number of anilines is 2. The zero-order valence-corrected chi connectivity index (χ0v) is 19.7. The molecule has 1 saturated carbocycles. The molecule has 0 unspecified atom stereocenters. The molecule has 3 atom stereocenters. The summed E-state index contributed by atoms with van der Waals surface area (Å²) < 4.78 is 17.2. The van der Waals surface area contributed by atoms with Gasteiger partial charge < -0.3 is 16.0 Å². The molecule has 10 nitrogen and oxygen atoms in total. The van der Waals surface area contributed by atoms with Gasteiger partial charge in [-0.15, -0.1) is 0 Å². The van der Waals surface area contributed by atoms with Crippen molar-refractivity contribution in [2.75, 3.05) is 17.6 Å². The lowest BCUT2D eigenvalue weighted by Crippen LogP contribution is -2.42. The number of pyridine rings is 1. The first kappa shape index (κ1) is 22.8. The van der Waals surface area contributed by atoms with E-state index in [9.17, 15) is 9.59 Å². The summed E-state index contributed by atoms with van der Waals surface area (Å²) in [5.41, 5.74) is 7.28. The van der Waals surface area contributed by atoms with Crippen LogP contribution in [0.3, 0.4) is 0 Å². The van der Waals surface area contributed by atoms with Gasteiger partial charge in [-0.05, 0) is 55.2 Å². The van der Waals surface area contributed by atoms with Crippen molar-refractivity contribution in [1.82, 2.24) is 29.6 Å². The van der Waals surface area contributed by atoms with Gasteiger partial charge in [-0.1, -0.05) is 12.6 Å².